The van der Waals surface area contributed by atoms with E-state index < -0.39 is 10.1 Å². The minimum atomic E-state index is -4.33. The molecule has 0 aliphatic rings. The van der Waals surface area contributed by atoms with Crippen molar-refractivity contribution in [1.29, 1.82) is 0 Å². The van der Waals surface area contributed by atoms with E-state index in [9.17, 15) is 13.0 Å². The molecular weight excluding hydrogens is 491 g/mol. The highest BCUT2D eigenvalue weighted by molar-refractivity contribution is 7.85. The summed E-state index contributed by atoms with van der Waals surface area (Å²) in [6.07, 6.45) is 0.836. The number of hydrogen-bond donors (Lipinski definition) is 1. The smallest absolute Gasteiger partial charge is 0.254 e. The third kappa shape index (κ3) is 7.16. The van der Waals surface area contributed by atoms with Crippen LogP contribution in [0.3, 0.4) is 0 Å². The standard InChI is InChI=1S/C13H15Cl2N2OS.C9H12O3S/c1-9-13(19-8-17(9)16)5-6-18-7-10-11(14)3-2-4-12(10)15;1-6-4-7(2)9(8(3)5-6)13(10,11)12/h2-4,8H,5-7,16H2,1H3;4-5H,1-3H3,(H,10,11,12)/q+1;/p-1. The van der Waals surface area contributed by atoms with E-state index in [1.807, 2.05) is 37.6 Å². The van der Waals surface area contributed by atoms with Crippen LogP contribution in [0.25, 0.3) is 0 Å². The Balaban J connectivity index is 0.000000244. The van der Waals surface area contributed by atoms with Crippen molar-refractivity contribution >= 4 is 44.7 Å². The molecule has 32 heavy (non-hydrogen) atoms. The van der Waals surface area contributed by atoms with Crippen molar-refractivity contribution in [2.24, 2.45) is 0 Å². The maximum Gasteiger partial charge on any atom is 0.254 e. The third-order valence-corrected chi connectivity index (χ3v) is 7.70. The molecule has 0 spiro atoms. The molecule has 2 aromatic carbocycles. The number of hydrogen-bond acceptors (Lipinski definition) is 6. The number of benzene rings is 2. The van der Waals surface area contributed by atoms with Crippen LogP contribution in [-0.4, -0.2) is 19.6 Å². The van der Waals surface area contributed by atoms with Gasteiger partial charge in [0, 0.05) is 29.0 Å². The van der Waals surface area contributed by atoms with Crippen LogP contribution in [0, 0.1) is 27.7 Å². The highest BCUT2D eigenvalue weighted by atomic mass is 35.5. The average Bonchev–Trinajstić information content (AvgIpc) is 2.97. The van der Waals surface area contributed by atoms with Crippen molar-refractivity contribution in [1.82, 2.24) is 0 Å². The zero-order valence-corrected chi connectivity index (χ0v) is 21.5. The summed E-state index contributed by atoms with van der Waals surface area (Å²) in [5.74, 6) is 5.73. The molecule has 1 heterocycles. The molecule has 0 amide bonds. The van der Waals surface area contributed by atoms with E-state index in [0.717, 1.165) is 23.2 Å². The topological polar surface area (TPSA) is 96.3 Å². The largest absolute Gasteiger partial charge is 0.744 e. The van der Waals surface area contributed by atoms with Gasteiger partial charge in [0.25, 0.3) is 5.51 Å². The van der Waals surface area contributed by atoms with Crippen LogP contribution in [0.1, 0.15) is 32.8 Å². The fraction of sp³-hybridized carbons (Fsp3) is 0.318. The molecule has 0 saturated carbocycles. The normalized spacial score (nSPS) is 11.2. The van der Waals surface area contributed by atoms with Gasteiger partial charge in [0.15, 0.2) is 0 Å². The van der Waals surface area contributed by atoms with Gasteiger partial charge in [-0.25, -0.2) is 14.3 Å². The Bertz CT molecular complexity index is 1150. The van der Waals surface area contributed by atoms with Crippen molar-refractivity contribution in [2.45, 2.75) is 45.6 Å². The van der Waals surface area contributed by atoms with E-state index in [1.165, 1.54) is 4.88 Å². The maximum absolute atomic E-state index is 10.8. The second kappa shape index (κ2) is 11.4. The summed E-state index contributed by atoms with van der Waals surface area (Å²) in [5.41, 5.74) is 5.80. The Kier molecular flexibility index (Phi) is 9.51. The van der Waals surface area contributed by atoms with Crippen molar-refractivity contribution in [2.75, 3.05) is 12.4 Å². The van der Waals surface area contributed by atoms with Gasteiger partial charge in [-0.05, 0) is 44.0 Å². The van der Waals surface area contributed by atoms with Crippen molar-refractivity contribution in [3.05, 3.63) is 78.7 Å². The van der Waals surface area contributed by atoms with Gasteiger partial charge in [0.2, 0.25) is 5.69 Å². The fourth-order valence-corrected chi connectivity index (χ4v) is 5.53. The lowest BCUT2D eigenvalue weighted by atomic mass is 10.1. The summed E-state index contributed by atoms with van der Waals surface area (Å²) in [7, 11) is -4.33. The number of thiazole rings is 1. The van der Waals surface area contributed by atoms with Crippen LogP contribution in [0.5, 0.6) is 0 Å². The summed E-state index contributed by atoms with van der Waals surface area (Å²) < 4.78 is 39.8. The number of halogens is 2. The Hall–Kier alpha value is -1.68. The molecule has 2 N–H and O–H groups in total. The SMILES string of the molecule is Cc1c(CCOCc2c(Cl)cccc2Cl)sc[n+]1N.Cc1cc(C)c(S(=O)(=O)[O-])c(C)c1. The lowest BCUT2D eigenvalue weighted by Gasteiger charge is -2.14. The third-order valence-electron chi connectivity index (χ3n) is 4.74. The molecular formula is C22H26Cl2N2O4S2. The summed E-state index contributed by atoms with van der Waals surface area (Å²) in [6.45, 7) is 8.15. The predicted molar refractivity (Wildman–Crippen MR) is 128 cm³/mol. The van der Waals surface area contributed by atoms with Crippen LogP contribution in [0.4, 0.5) is 0 Å². The van der Waals surface area contributed by atoms with E-state index in [4.69, 9.17) is 33.8 Å². The number of nitrogens with two attached hydrogens (primary N) is 1. The van der Waals surface area contributed by atoms with Crippen LogP contribution < -0.4 is 10.5 Å². The van der Waals surface area contributed by atoms with E-state index in [0.29, 0.717) is 34.4 Å². The Morgan fingerprint density at radius 3 is 2.12 bits per heavy atom. The molecule has 0 radical (unpaired) electrons. The van der Waals surface area contributed by atoms with Gasteiger partial charge in [-0.15, -0.1) is 0 Å². The van der Waals surface area contributed by atoms with Crippen LogP contribution in [0.2, 0.25) is 10.0 Å². The van der Waals surface area contributed by atoms with Crippen LogP contribution in [-0.2, 0) is 27.9 Å². The van der Waals surface area contributed by atoms with Gasteiger partial charge in [-0.3, -0.25) is 0 Å². The average molecular weight is 518 g/mol. The number of ether oxygens (including phenoxy) is 1. The highest BCUT2D eigenvalue weighted by Crippen LogP contribution is 2.25. The quantitative estimate of drug-likeness (QED) is 0.222. The first-order chi connectivity index (χ1) is 14.9. The number of nitrogen functional groups attached to an aromatic ring is 1. The number of aromatic nitrogens is 1. The summed E-state index contributed by atoms with van der Waals surface area (Å²) in [4.78, 5) is 1.14. The van der Waals surface area contributed by atoms with Gasteiger partial charge in [0.1, 0.15) is 10.1 Å². The molecule has 0 saturated heterocycles. The fourth-order valence-electron chi connectivity index (χ4n) is 3.24. The van der Waals surface area contributed by atoms with Gasteiger partial charge in [-0.2, -0.15) is 0 Å². The second-order valence-electron chi connectivity index (χ2n) is 7.32. The molecule has 6 nitrogen and oxygen atoms in total. The minimum absolute atomic E-state index is 0.0851. The van der Waals surface area contributed by atoms with E-state index in [-0.39, 0.29) is 4.90 Å². The summed E-state index contributed by atoms with van der Waals surface area (Å²) >= 11 is 13.8. The Morgan fingerprint density at radius 1 is 1.09 bits per heavy atom. The molecule has 3 aromatic rings. The van der Waals surface area contributed by atoms with Gasteiger partial charge >= 0.3 is 0 Å². The first-order valence-electron chi connectivity index (χ1n) is 9.70. The van der Waals surface area contributed by atoms with Crippen molar-refractivity contribution in [3.8, 4) is 0 Å². The van der Waals surface area contributed by atoms with E-state index >= 15 is 0 Å². The summed E-state index contributed by atoms with van der Waals surface area (Å²) in [6, 6.07) is 8.83. The molecule has 0 aliphatic heterocycles. The molecule has 174 valence electrons. The van der Waals surface area contributed by atoms with Crippen LogP contribution >= 0.6 is 34.5 Å². The highest BCUT2D eigenvalue weighted by Gasteiger charge is 2.13. The Labute approximate surface area is 203 Å². The van der Waals surface area contributed by atoms with Gasteiger partial charge in [0.05, 0.1) is 23.0 Å². The minimum Gasteiger partial charge on any atom is -0.744 e. The lowest BCUT2D eigenvalue weighted by Crippen LogP contribution is -2.44. The maximum atomic E-state index is 10.8. The zero-order valence-electron chi connectivity index (χ0n) is 18.3. The Morgan fingerprint density at radius 2 is 1.66 bits per heavy atom. The number of rotatable bonds is 6. The molecule has 3 rings (SSSR count). The molecule has 0 aliphatic carbocycles. The van der Waals surface area contributed by atoms with E-state index in [1.54, 1.807) is 42.0 Å². The summed E-state index contributed by atoms with van der Waals surface area (Å²) in [5, 5.41) is 1.28. The van der Waals surface area contributed by atoms with Crippen molar-refractivity contribution < 1.29 is 22.4 Å². The molecule has 10 heteroatoms. The van der Waals surface area contributed by atoms with Crippen LogP contribution in [0.15, 0.2) is 40.7 Å². The molecule has 0 unspecified atom stereocenters. The van der Waals surface area contributed by atoms with E-state index in [2.05, 4.69) is 0 Å². The van der Waals surface area contributed by atoms with Gasteiger partial charge < -0.3 is 9.29 Å². The number of aryl methyl sites for hydroxylation is 3. The van der Waals surface area contributed by atoms with Crippen molar-refractivity contribution in [3.63, 3.8) is 0 Å². The first kappa shape index (κ1) is 26.6. The zero-order chi connectivity index (χ0) is 24.1. The predicted octanol–water partition coefficient (Wildman–Crippen LogP) is 4.64. The lowest BCUT2D eigenvalue weighted by molar-refractivity contribution is -0.640. The second-order valence-corrected chi connectivity index (χ2v) is 10.4. The monoisotopic (exact) mass is 516 g/mol. The first-order valence-corrected chi connectivity index (χ1v) is 12.7. The number of nitrogens with zero attached hydrogens (tertiary/aromatic N) is 1. The molecule has 0 fully saturated rings. The molecule has 0 bridgehead atoms. The molecule has 0 atom stereocenters. The molecule has 1 aromatic heterocycles. The van der Waals surface area contributed by atoms with Gasteiger partial charge in [-0.1, -0.05) is 63.0 Å².